The zero-order chi connectivity index (χ0) is 18.5. The third kappa shape index (κ3) is 2.70. The van der Waals surface area contributed by atoms with Crippen molar-refractivity contribution in [1.29, 1.82) is 0 Å². The molecule has 1 aliphatic rings. The molecule has 26 heavy (non-hydrogen) atoms. The van der Waals surface area contributed by atoms with Gasteiger partial charge in [-0.15, -0.1) is 4.28 Å². The highest BCUT2D eigenvalue weighted by atomic mass is 32.2. The number of aryl methyl sites for hydroxylation is 1. The number of rotatable bonds is 4. The molecular formula is C17H14N2O5S2. The lowest BCUT2D eigenvalue weighted by Crippen LogP contribution is -2.12. The van der Waals surface area contributed by atoms with Gasteiger partial charge in [0.05, 0.1) is 21.2 Å². The van der Waals surface area contributed by atoms with Gasteiger partial charge >= 0.3 is 10.1 Å². The van der Waals surface area contributed by atoms with Crippen LogP contribution in [0.4, 0.5) is 11.4 Å². The Balaban J connectivity index is 1.70. The molecule has 0 bridgehead atoms. The molecule has 9 heteroatoms. The van der Waals surface area contributed by atoms with Gasteiger partial charge in [-0.25, -0.2) is 13.9 Å². The summed E-state index contributed by atoms with van der Waals surface area (Å²) in [6.07, 6.45) is 0. The highest BCUT2D eigenvalue weighted by molar-refractivity contribution is 7.93. The number of hydrogen-bond donors (Lipinski definition) is 2. The van der Waals surface area contributed by atoms with E-state index in [-0.39, 0.29) is 9.79 Å². The fourth-order valence-electron chi connectivity index (χ4n) is 2.82. The van der Waals surface area contributed by atoms with Crippen LogP contribution in [0.3, 0.4) is 0 Å². The normalized spacial score (nSPS) is 15.0. The monoisotopic (exact) mass is 390 g/mol. The number of hydrogen-bond acceptors (Lipinski definition) is 6. The number of anilines is 2. The van der Waals surface area contributed by atoms with Crippen molar-refractivity contribution < 1.29 is 21.1 Å². The van der Waals surface area contributed by atoms with Gasteiger partial charge in [-0.2, -0.15) is 8.42 Å². The van der Waals surface area contributed by atoms with Crippen LogP contribution in [0.15, 0.2) is 64.4 Å². The molecule has 4 rings (SSSR count). The Hall–Kier alpha value is -2.62. The van der Waals surface area contributed by atoms with E-state index in [0.29, 0.717) is 22.1 Å². The van der Waals surface area contributed by atoms with Gasteiger partial charge < -0.3 is 0 Å². The minimum Gasteiger partial charge on any atom is -0.279 e. The average Bonchev–Trinajstić information content (AvgIpc) is 2.87. The molecule has 0 saturated carbocycles. The Bertz CT molecular complexity index is 1230. The van der Waals surface area contributed by atoms with Crippen molar-refractivity contribution in [3.63, 3.8) is 0 Å². The summed E-state index contributed by atoms with van der Waals surface area (Å²) in [6.45, 7) is 1.85. The van der Waals surface area contributed by atoms with Crippen molar-refractivity contribution in [2.45, 2.75) is 16.7 Å². The standard InChI is InChI=1S/C17H14N2O5S2/c1-11-5-7-12(8-6-11)26(22,23)24-18-14-9-10-15-17-13(14)3-2-4-16(17)25(20,21)19-15/h2-10,18-19H,1H3. The molecule has 0 fully saturated rings. The fourth-order valence-corrected chi connectivity index (χ4v) is 4.90. The predicted octanol–water partition coefficient (Wildman–Crippen LogP) is 2.99. The lowest BCUT2D eigenvalue weighted by molar-refractivity contribution is 0.391. The topological polar surface area (TPSA) is 102 Å². The van der Waals surface area contributed by atoms with Crippen molar-refractivity contribution in [3.05, 3.63) is 60.2 Å². The van der Waals surface area contributed by atoms with Gasteiger partial charge in [-0.05, 0) is 37.3 Å². The first kappa shape index (κ1) is 16.8. The van der Waals surface area contributed by atoms with E-state index in [4.69, 9.17) is 4.28 Å². The Morgan fingerprint density at radius 1 is 1.00 bits per heavy atom. The molecule has 1 aliphatic heterocycles. The number of sulfonamides is 1. The van der Waals surface area contributed by atoms with Gasteiger partial charge in [0.2, 0.25) is 0 Å². The molecule has 3 aromatic rings. The maximum absolute atomic E-state index is 12.3. The minimum atomic E-state index is -4.02. The summed E-state index contributed by atoms with van der Waals surface area (Å²) < 4.78 is 56.3. The summed E-state index contributed by atoms with van der Waals surface area (Å²) in [6, 6.07) is 14.1. The van der Waals surface area contributed by atoms with E-state index in [1.54, 1.807) is 36.4 Å². The molecule has 7 nitrogen and oxygen atoms in total. The Labute approximate surface area is 150 Å². The van der Waals surface area contributed by atoms with Gasteiger partial charge in [0, 0.05) is 10.8 Å². The summed E-state index contributed by atoms with van der Waals surface area (Å²) in [5.74, 6) is 0. The zero-order valence-corrected chi connectivity index (χ0v) is 15.2. The summed E-state index contributed by atoms with van der Waals surface area (Å²) >= 11 is 0. The van der Waals surface area contributed by atoms with Gasteiger partial charge in [-0.1, -0.05) is 29.8 Å². The quantitative estimate of drug-likeness (QED) is 0.664. The predicted molar refractivity (Wildman–Crippen MR) is 97.8 cm³/mol. The Morgan fingerprint density at radius 2 is 1.73 bits per heavy atom. The van der Waals surface area contributed by atoms with Crippen molar-refractivity contribution in [2.24, 2.45) is 0 Å². The molecule has 0 unspecified atom stereocenters. The largest absolute Gasteiger partial charge is 0.317 e. The second-order valence-electron chi connectivity index (χ2n) is 5.90. The summed E-state index contributed by atoms with van der Waals surface area (Å²) in [5.41, 5.74) is 4.16. The molecule has 0 aliphatic carbocycles. The highest BCUT2D eigenvalue weighted by Crippen LogP contribution is 2.40. The van der Waals surface area contributed by atoms with Crippen LogP contribution in [0.1, 0.15) is 5.56 Å². The smallest absolute Gasteiger partial charge is 0.279 e. The molecule has 2 N–H and O–H groups in total. The van der Waals surface area contributed by atoms with Crippen LogP contribution in [-0.4, -0.2) is 16.8 Å². The molecule has 134 valence electrons. The molecule has 3 aromatic carbocycles. The van der Waals surface area contributed by atoms with Crippen molar-refractivity contribution in [1.82, 2.24) is 0 Å². The first-order chi connectivity index (χ1) is 12.3. The van der Waals surface area contributed by atoms with Gasteiger partial charge in [0.25, 0.3) is 10.0 Å². The third-order valence-electron chi connectivity index (χ3n) is 4.11. The maximum atomic E-state index is 12.3. The van der Waals surface area contributed by atoms with Crippen LogP contribution in [0.5, 0.6) is 0 Å². The van der Waals surface area contributed by atoms with E-state index in [2.05, 4.69) is 10.2 Å². The van der Waals surface area contributed by atoms with E-state index in [9.17, 15) is 16.8 Å². The first-order valence-corrected chi connectivity index (χ1v) is 10.5. The molecule has 0 aromatic heterocycles. The molecule has 0 saturated heterocycles. The van der Waals surface area contributed by atoms with Crippen LogP contribution >= 0.6 is 0 Å². The van der Waals surface area contributed by atoms with Gasteiger partial charge in [-0.3, -0.25) is 4.72 Å². The molecule has 0 atom stereocenters. The molecule has 0 amide bonds. The third-order valence-corrected chi connectivity index (χ3v) is 6.67. The summed E-state index contributed by atoms with van der Waals surface area (Å²) in [7, 11) is -7.62. The second-order valence-corrected chi connectivity index (χ2v) is 9.09. The van der Waals surface area contributed by atoms with Crippen LogP contribution in [0.25, 0.3) is 10.8 Å². The van der Waals surface area contributed by atoms with Crippen LogP contribution in [0, 0.1) is 6.92 Å². The summed E-state index contributed by atoms with van der Waals surface area (Å²) in [4.78, 5) is 0.167. The van der Waals surface area contributed by atoms with E-state index in [0.717, 1.165) is 5.56 Å². The van der Waals surface area contributed by atoms with Crippen molar-refractivity contribution in [3.8, 4) is 0 Å². The van der Waals surface area contributed by atoms with E-state index < -0.39 is 20.1 Å². The second kappa shape index (κ2) is 5.70. The van der Waals surface area contributed by atoms with Crippen LogP contribution in [0.2, 0.25) is 0 Å². The average molecular weight is 390 g/mol. The Morgan fingerprint density at radius 3 is 2.46 bits per heavy atom. The fraction of sp³-hybridized carbons (Fsp3) is 0.0588. The molecule has 1 heterocycles. The maximum Gasteiger partial charge on any atom is 0.317 e. The highest BCUT2D eigenvalue weighted by Gasteiger charge is 2.28. The van der Waals surface area contributed by atoms with Gasteiger partial charge in [0.15, 0.2) is 0 Å². The molecule has 0 spiro atoms. The van der Waals surface area contributed by atoms with Crippen molar-refractivity contribution >= 4 is 42.3 Å². The van der Waals surface area contributed by atoms with Crippen LogP contribution in [-0.2, 0) is 24.4 Å². The summed E-state index contributed by atoms with van der Waals surface area (Å²) in [5, 5.41) is 1.03. The number of benzene rings is 3. The zero-order valence-electron chi connectivity index (χ0n) is 13.6. The lowest BCUT2D eigenvalue weighted by Gasteiger charge is -2.10. The lowest BCUT2D eigenvalue weighted by atomic mass is 10.1. The Kier molecular flexibility index (Phi) is 3.69. The minimum absolute atomic E-state index is 0.0192. The first-order valence-electron chi connectivity index (χ1n) is 7.63. The van der Waals surface area contributed by atoms with E-state index >= 15 is 0 Å². The number of nitrogens with one attached hydrogen (secondary N) is 2. The molecular weight excluding hydrogens is 376 g/mol. The van der Waals surface area contributed by atoms with E-state index in [1.165, 1.54) is 18.2 Å². The SMILES string of the molecule is Cc1ccc(S(=O)(=O)ONc2ccc3c4c(cccc24)S(=O)(=O)N3)cc1. The van der Waals surface area contributed by atoms with Crippen molar-refractivity contribution in [2.75, 3.05) is 10.2 Å². The molecule has 0 radical (unpaired) electrons. The van der Waals surface area contributed by atoms with E-state index in [1.807, 2.05) is 6.92 Å². The van der Waals surface area contributed by atoms with Crippen LogP contribution < -0.4 is 10.2 Å². The van der Waals surface area contributed by atoms with Gasteiger partial charge in [0.1, 0.15) is 0 Å².